The predicted octanol–water partition coefficient (Wildman–Crippen LogP) is 2.06. The average molecular weight is 310 g/mol. The van der Waals surface area contributed by atoms with Gasteiger partial charge in [-0.05, 0) is 20.3 Å². The highest BCUT2D eigenvalue weighted by atomic mass is 32.2. The van der Waals surface area contributed by atoms with Gasteiger partial charge in [-0.15, -0.1) is 10.2 Å². The molecule has 0 aliphatic carbocycles. The number of thioether (sulfide) groups is 1. The number of aliphatic carboxylic acids is 1. The molecule has 0 saturated heterocycles. The Balaban J connectivity index is 2.30. The lowest BCUT2D eigenvalue weighted by Crippen LogP contribution is -2.09. The van der Waals surface area contributed by atoms with Gasteiger partial charge in [0.25, 0.3) is 0 Å². The van der Waals surface area contributed by atoms with Gasteiger partial charge in [0, 0.05) is 12.0 Å². The number of nitrogens with zero attached hydrogens (tertiary/aromatic N) is 4. The number of hydrogen-bond acceptors (Lipinski definition) is 6. The molecule has 0 fully saturated rings. The lowest BCUT2D eigenvalue weighted by atomic mass is 10.2. The van der Waals surface area contributed by atoms with Crippen LogP contribution in [0.1, 0.15) is 36.2 Å². The van der Waals surface area contributed by atoms with Gasteiger partial charge in [-0.2, -0.15) is 0 Å². The van der Waals surface area contributed by atoms with Crippen LogP contribution in [0, 0.1) is 13.8 Å². The first-order valence-electron chi connectivity index (χ1n) is 6.71. The molecule has 0 unspecified atom stereocenters. The van der Waals surface area contributed by atoms with E-state index in [2.05, 4.69) is 22.3 Å². The van der Waals surface area contributed by atoms with E-state index < -0.39 is 5.97 Å². The van der Waals surface area contributed by atoms with Crippen molar-refractivity contribution in [1.82, 2.24) is 19.9 Å². The fraction of sp³-hybridized carbons (Fsp3) is 0.538. The first kappa shape index (κ1) is 15.6. The van der Waals surface area contributed by atoms with Gasteiger partial charge in [-0.25, -0.2) is 0 Å². The van der Waals surface area contributed by atoms with Crippen molar-refractivity contribution < 1.29 is 14.4 Å². The Kier molecular flexibility index (Phi) is 5.00. The smallest absolute Gasteiger partial charge is 0.313 e. The predicted molar refractivity (Wildman–Crippen MR) is 77.5 cm³/mol. The van der Waals surface area contributed by atoms with E-state index in [1.807, 2.05) is 18.4 Å². The topological polar surface area (TPSA) is 94.0 Å². The zero-order valence-corrected chi connectivity index (χ0v) is 13.1. The van der Waals surface area contributed by atoms with Crippen molar-refractivity contribution in [3.63, 3.8) is 0 Å². The van der Waals surface area contributed by atoms with E-state index in [-0.39, 0.29) is 5.75 Å². The molecule has 2 aromatic heterocycles. The van der Waals surface area contributed by atoms with E-state index >= 15 is 0 Å². The highest BCUT2D eigenvalue weighted by molar-refractivity contribution is 7.99. The molecule has 8 heteroatoms. The molecule has 0 bridgehead atoms. The van der Waals surface area contributed by atoms with Gasteiger partial charge < -0.3 is 14.2 Å². The third-order valence-electron chi connectivity index (χ3n) is 3.09. The third kappa shape index (κ3) is 3.63. The number of carboxylic acid groups (broad SMARTS) is 1. The summed E-state index contributed by atoms with van der Waals surface area (Å²) in [6, 6.07) is 0. The molecule has 1 N–H and O–H groups in total. The van der Waals surface area contributed by atoms with Gasteiger partial charge in [0.15, 0.2) is 5.16 Å². The van der Waals surface area contributed by atoms with E-state index in [9.17, 15) is 4.79 Å². The Hall–Kier alpha value is -1.83. The van der Waals surface area contributed by atoms with Gasteiger partial charge in [-0.1, -0.05) is 23.8 Å². The van der Waals surface area contributed by atoms with Crippen LogP contribution in [-0.4, -0.2) is 36.7 Å². The fourth-order valence-electron chi connectivity index (χ4n) is 2.01. The van der Waals surface area contributed by atoms with E-state index in [1.165, 1.54) is 11.8 Å². The van der Waals surface area contributed by atoms with Gasteiger partial charge in [0.05, 0.1) is 18.0 Å². The maximum absolute atomic E-state index is 10.7. The minimum Gasteiger partial charge on any atom is -0.481 e. The molecule has 0 radical (unpaired) electrons. The highest BCUT2D eigenvalue weighted by Crippen LogP contribution is 2.22. The maximum Gasteiger partial charge on any atom is 0.313 e. The molecular weight excluding hydrogens is 292 g/mol. The summed E-state index contributed by atoms with van der Waals surface area (Å²) in [6.45, 7) is 6.37. The second kappa shape index (κ2) is 6.75. The summed E-state index contributed by atoms with van der Waals surface area (Å²) in [4.78, 5) is 10.7. The van der Waals surface area contributed by atoms with E-state index in [0.29, 0.717) is 11.7 Å². The Labute approximate surface area is 126 Å². The molecule has 0 aliphatic rings. The van der Waals surface area contributed by atoms with Crippen LogP contribution >= 0.6 is 11.8 Å². The first-order valence-corrected chi connectivity index (χ1v) is 7.69. The van der Waals surface area contributed by atoms with E-state index in [4.69, 9.17) is 9.63 Å². The van der Waals surface area contributed by atoms with Crippen LogP contribution in [0.2, 0.25) is 0 Å². The number of carboxylic acids is 1. The van der Waals surface area contributed by atoms with Gasteiger partial charge >= 0.3 is 5.97 Å². The summed E-state index contributed by atoms with van der Waals surface area (Å²) in [5, 5.41) is 21.7. The van der Waals surface area contributed by atoms with Crippen molar-refractivity contribution in [3.8, 4) is 0 Å². The quantitative estimate of drug-likeness (QED) is 0.782. The van der Waals surface area contributed by atoms with Crippen LogP contribution in [0.4, 0.5) is 0 Å². The van der Waals surface area contributed by atoms with Crippen LogP contribution in [0.25, 0.3) is 0 Å². The minimum absolute atomic E-state index is 0.0359. The van der Waals surface area contributed by atoms with Crippen molar-refractivity contribution in [2.24, 2.45) is 0 Å². The lowest BCUT2D eigenvalue weighted by molar-refractivity contribution is -0.133. The molecule has 114 valence electrons. The van der Waals surface area contributed by atoms with Crippen LogP contribution < -0.4 is 0 Å². The van der Waals surface area contributed by atoms with E-state index in [0.717, 1.165) is 35.7 Å². The maximum atomic E-state index is 10.7. The largest absolute Gasteiger partial charge is 0.481 e. The van der Waals surface area contributed by atoms with Crippen molar-refractivity contribution in [1.29, 1.82) is 0 Å². The summed E-state index contributed by atoms with van der Waals surface area (Å²) in [6.07, 6.45) is 1.74. The molecule has 0 atom stereocenters. The second-order valence-electron chi connectivity index (χ2n) is 4.72. The SMILES string of the molecule is CCCc1nnc(SCC(=O)O)n1Cc1c(C)noc1C. The monoisotopic (exact) mass is 310 g/mol. The van der Waals surface area contributed by atoms with E-state index in [1.54, 1.807) is 0 Å². The van der Waals surface area contributed by atoms with Gasteiger partial charge in [0.2, 0.25) is 0 Å². The summed E-state index contributed by atoms with van der Waals surface area (Å²) < 4.78 is 7.12. The molecule has 7 nitrogen and oxygen atoms in total. The third-order valence-corrected chi connectivity index (χ3v) is 4.04. The number of aryl methyl sites for hydroxylation is 3. The number of aromatic nitrogens is 4. The Bertz CT molecular complexity index is 616. The fourth-order valence-corrected chi connectivity index (χ4v) is 2.68. The van der Waals surface area contributed by atoms with Crippen molar-refractivity contribution in [2.45, 2.75) is 45.3 Å². The summed E-state index contributed by atoms with van der Waals surface area (Å²) >= 11 is 1.17. The molecule has 0 aromatic carbocycles. The van der Waals surface area contributed by atoms with Crippen LogP contribution in [-0.2, 0) is 17.8 Å². The molecule has 0 saturated carbocycles. The Morgan fingerprint density at radius 3 is 2.71 bits per heavy atom. The molecule has 2 aromatic rings. The molecule has 0 aliphatic heterocycles. The van der Waals surface area contributed by atoms with Crippen LogP contribution in [0.5, 0.6) is 0 Å². The zero-order valence-electron chi connectivity index (χ0n) is 12.3. The van der Waals surface area contributed by atoms with Gasteiger partial charge in [-0.3, -0.25) is 4.79 Å². The first-order chi connectivity index (χ1) is 10.0. The highest BCUT2D eigenvalue weighted by Gasteiger charge is 2.17. The number of carbonyl (C=O) groups is 1. The number of hydrogen-bond donors (Lipinski definition) is 1. The number of rotatable bonds is 7. The average Bonchev–Trinajstić information content (AvgIpc) is 2.96. The van der Waals surface area contributed by atoms with Crippen molar-refractivity contribution >= 4 is 17.7 Å². The Morgan fingerprint density at radius 1 is 1.38 bits per heavy atom. The standard InChI is InChI=1S/C13H18N4O3S/c1-4-5-11-14-15-13(21-7-12(18)19)17(11)6-10-8(2)16-20-9(10)3/h4-7H2,1-3H3,(H,18,19). The summed E-state index contributed by atoms with van der Waals surface area (Å²) in [5.74, 6) is 0.707. The van der Waals surface area contributed by atoms with Crippen molar-refractivity contribution in [3.05, 3.63) is 22.8 Å². The molecular formula is C13H18N4O3S. The minimum atomic E-state index is -0.871. The normalized spacial score (nSPS) is 11.0. The molecule has 0 spiro atoms. The van der Waals surface area contributed by atoms with Crippen LogP contribution in [0.15, 0.2) is 9.68 Å². The molecule has 0 amide bonds. The van der Waals surface area contributed by atoms with Crippen molar-refractivity contribution in [2.75, 3.05) is 5.75 Å². The molecule has 21 heavy (non-hydrogen) atoms. The Morgan fingerprint density at radius 2 is 2.14 bits per heavy atom. The zero-order chi connectivity index (χ0) is 15.4. The second-order valence-corrected chi connectivity index (χ2v) is 5.66. The lowest BCUT2D eigenvalue weighted by Gasteiger charge is -2.09. The molecule has 2 heterocycles. The van der Waals surface area contributed by atoms with Crippen LogP contribution in [0.3, 0.4) is 0 Å². The summed E-state index contributed by atoms with van der Waals surface area (Å²) in [7, 11) is 0. The summed E-state index contributed by atoms with van der Waals surface area (Å²) in [5.41, 5.74) is 1.82. The van der Waals surface area contributed by atoms with Gasteiger partial charge in [0.1, 0.15) is 11.6 Å². The molecule has 2 rings (SSSR count).